The van der Waals surface area contributed by atoms with E-state index in [-0.39, 0.29) is 17.8 Å². The van der Waals surface area contributed by atoms with Crippen LogP contribution in [0.15, 0.2) is 72.1 Å². The van der Waals surface area contributed by atoms with Gasteiger partial charge in [-0.2, -0.15) is 5.10 Å². The summed E-state index contributed by atoms with van der Waals surface area (Å²) in [4.78, 5) is 16.0. The molecular weight excluding hydrogens is 437 g/mol. The predicted octanol–water partition coefficient (Wildman–Crippen LogP) is 6.23. The number of thiophene rings is 1. The summed E-state index contributed by atoms with van der Waals surface area (Å²) in [7, 11) is 0. The van der Waals surface area contributed by atoms with Crippen LogP contribution in [-0.4, -0.2) is 26.6 Å². The van der Waals surface area contributed by atoms with Crippen LogP contribution in [0.25, 0.3) is 5.69 Å². The zero-order chi connectivity index (χ0) is 22.8. The first-order chi connectivity index (χ1) is 16.1. The van der Waals surface area contributed by atoms with Crippen LogP contribution in [0.2, 0.25) is 0 Å². The van der Waals surface area contributed by atoms with Gasteiger partial charge < -0.3 is 9.64 Å². The molecule has 2 aromatic heterocycles. The number of hydrogen-bond acceptors (Lipinski definition) is 4. The first-order valence-electron chi connectivity index (χ1n) is 11.1. The lowest BCUT2D eigenvalue weighted by Gasteiger charge is -2.22. The molecular formula is C26H24FN3O2S. The molecule has 33 heavy (non-hydrogen) atoms. The van der Waals surface area contributed by atoms with Crippen molar-refractivity contribution < 1.29 is 13.9 Å². The molecule has 0 saturated heterocycles. The van der Waals surface area contributed by atoms with Crippen LogP contribution in [0.5, 0.6) is 11.6 Å². The van der Waals surface area contributed by atoms with Crippen molar-refractivity contribution in [1.82, 2.24) is 14.7 Å². The Bertz CT molecular complexity index is 1230. The summed E-state index contributed by atoms with van der Waals surface area (Å²) >= 11 is 1.46. The molecule has 7 heteroatoms. The Morgan fingerprint density at radius 2 is 1.88 bits per heavy atom. The van der Waals surface area contributed by atoms with Gasteiger partial charge in [-0.3, -0.25) is 4.79 Å². The Morgan fingerprint density at radius 3 is 2.52 bits per heavy atom. The molecule has 2 heterocycles. The first kappa shape index (κ1) is 21.4. The van der Waals surface area contributed by atoms with Gasteiger partial charge in [0, 0.05) is 6.04 Å². The topological polar surface area (TPSA) is 47.4 Å². The van der Waals surface area contributed by atoms with Crippen molar-refractivity contribution in [2.24, 2.45) is 0 Å². The fourth-order valence-corrected chi connectivity index (χ4v) is 4.53. The smallest absolute Gasteiger partial charge is 0.264 e. The van der Waals surface area contributed by atoms with Crippen LogP contribution in [0.4, 0.5) is 4.39 Å². The Hall–Kier alpha value is -3.45. The maximum Gasteiger partial charge on any atom is 0.264 e. The lowest BCUT2D eigenvalue weighted by Crippen LogP contribution is -2.32. The third-order valence-corrected chi connectivity index (χ3v) is 6.55. The van der Waals surface area contributed by atoms with E-state index in [2.05, 4.69) is 0 Å². The van der Waals surface area contributed by atoms with Gasteiger partial charge in [0.2, 0.25) is 5.88 Å². The largest absolute Gasteiger partial charge is 0.439 e. The number of aromatic nitrogens is 2. The fraction of sp³-hybridized carbons (Fsp3) is 0.231. The molecule has 0 unspecified atom stereocenters. The van der Waals surface area contributed by atoms with Gasteiger partial charge >= 0.3 is 0 Å². The van der Waals surface area contributed by atoms with Crippen molar-refractivity contribution >= 4 is 17.2 Å². The first-order valence-corrected chi connectivity index (χ1v) is 12.0. The average Bonchev–Trinajstić information content (AvgIpc) is 3.41. The molecule has 2 aromatic carbocycles. The number of hydrogen-bond donors (Lipinski definition) is 0. The van der Waals surface area contributed by atoms with E-state index in [9.17, 15) is 9.18 Å². The number of para-hydroxylation sites is 1. The van der Waals surface area contributed by atoms with Gasteiger partial charge in [0.15, 0.2) is 0 Å². The van der Waals surface area contributed by atoms with Crippen molar-refractivity contribution in [3.05, 3.63) is 94.1 Å². The van der Waals surface area contributed by atoms with Crippen molar-refractivity contribution in [1.29, 1.82) is 0 Å². The van der Waals surface area contributed by atoms with Crippen LogP contribution in [-0.2, 0) is 13.0 Å². The molecule has 5 rings (SSSR count). The molecule has 1 fully saturated rings. The second kappa shape index (κ2) is 9.19. The standard InChI is InChI=1S/C26H24FN3O2S/c1-2-23-22(17-29(19-14-15-19)25(31)24-9-6-16-33-24)26(32-21-7-4-3-5-8-21)30(28-23)20-12-10-18(27)11-13-20/h3-13,16,19H,2,14-15,17H2,1H3. The van der Waals surface area contributed by atoms with E-state index in [0.717, 1.165) is 29.0 Å². The molecule has 0 spiro atoms. The number of carbonyl (C=O) groups excluding carboxylic acids is 1. The van der Waals surface area contributed by atoms with Crippen LogP contribution < -0.4 is 4.74 Å². The zero-order valence-electron chi connectivity index (χ0n) is 18.3. The van der Waals surface area contributed by atoms with Crippen molar-refractivity contribution in [3.8, 4) is 17.3 Å². The third kappa shape index (κ3) is 4.54. The number of carbonyl (C=O) groups is 1. The fourth-order valence-electron chi connectivity index (χ4n) is 3.85. The maximum atomic E-state index is 13.6. The lowest BCUT2D eigenvalue weighted by molar-refractivity contribution is 0.0733. The molecule has 0 N–H and O–H groups in total. The molecule has 0 radical (unpaired) electrons. The highest BCUT2D eigenvalue weighted by atomic mass is 32.1. The summed E-state index contributed by atoms with van der Waals surface area (Å²) < 4.78 is 21.6. The van der Waals surface area contributed by atoms with Gasteiger partial charge in [-0.1, -0.05) is 31.2 Å². The van der Waals surface area contributed by atoms with Gasteiger partial charge in [-0.05, 0) is 67.1 Å². The summed E-state index contributed by atoms with van der Waals surface area (Å²) in [6, 6.07) is 19.7. The summed E-state index contributed by atoms with van der Waals surface area (Å²) in [5.41, 5.74) is 2.43. The van der Waals surface area contributed by atoms with Gasteiger partial charge in [0.1, 0.15) is 11.6 Å². The van der Waals surface area contributed by atoms with Gasteiger partial charge in [0.25, 0.3) is 5.91 Å². The zero-order valence-corrected chi connectivity index (χ0v) is 19.1. The summed E-state index contributed by atoms with van der Waals surface area (Å²) in [6.45, 7) is 2.45. The number of nitrogens with zero attached hydrogens (tertiary/aromatic N) is 3. The third-order valence-electron chi connectivity index (χ3n) is 5.69. The normalized spacial score (nSPS) is 13.2. The van der Waals surface area contributed by atoms with Crippen LogP contribution in [0.3, 0.4) is 0 Å². The molecule has 0 aliphatic heterocycles. The van der Waals surface area contributed by atoms with Gasteiger partial charge in [0.05, 0.1) is 28.4 Å². The average molecular weight is 462 g/mol. The van der Waals surface area contributed by atoms with Crippen LogP contribution in [0.1, 0.15) is 40.7 Å². The molecule has 1 aliphatic carbocycles. The Morgan fingerprint density at radius 1 is 1.12 bits per heavy atom. The minimum absolute atomic E-state index is 0.0368. The van der Waals surface area contributed by atoms with Crippen molar-refractivity contribution in [3.63, 3.8) is 0 Å². The molecule has 1 amide bonds. The summed E-state index contributed by atoms with van der Waals surface area (Å²) in [5.74, 6) is 0.949. The number of halogens is 1. The van der Waals surface area contributed by atoms with E-state index >= 15 is 0 Å². The van der Waals surface area contributed by atoms with E-state index in [1.165, 1.54) is 23.5 Å². The SMILES string of the molecule is CCc1nn(-c2ccc(F)cc2)c(Oc2ccccc2)c1CN(C(=O)c1cccs1)C1CC1. The minimum Gasteiger partial charge on any atom is -0.439 e. The highest BCUT2D eigenvalue weighted by molar-refractivity contribution is 7.12. The minimum atomic E-state index is -0.311. The van der Waals surface area contributed by atoms with Crippen LogP contribution in [0, 0.1) is 5.82 Å². The van der Waals surface area contributed by atoms with E-state index in [1.807, 2.05) is 59.7 Å². The van der Waals surface area contributed by atoms with E-state index in [4.69, 9.17) is 9.84 Å². The summed E-state index contributed by atoms with van der Waals surface area (Å²) in [5, 5.41) is 6.74. The van der Waals surface area contributed by atoms with Gasteiger partial charge in [-0.25, -0.2) is 9.07 Å². The predicted molar refractivity (Wildman–Crippen MR) is 127 cm³/mol. The monoisotopic (exact) mass is 461 g/mol. The van der Waals surface area contributed by atoms with Crippen molar-refractivity contribution in [2.45, 2.75) is 38.8 Å². The quantitative estimate of drug-likeness (QED) is 0.312. The number of amides is 1. The Balaban J connectivity index is 1.58. The number of ether oxygens (including phenoxy) is 1. The van der Waals surface area contributed by atoms with E-state index in [1.54, 1.807) is 16.8 Å². The molecule has 4 aromatic rings. The second-order valence-electron chi connectivity index (χ2n) is 8.03. The Kier molecular flexibility index (Phi) is 5.96. The molecule has 0 atom stereocenters. The molecule has 168 valence electrons. The maximum absolute atomic E-state index is 13.6. The molecule has 1 saturated carbocycles. The molecule has 0 bridgehead atoms. The Labute approximate surface area is 196 Å². The van der Waals surface area contributed by atoms with E-state index < -0.39 is 0 Å². The molecule has 5 nitrogen and oxygen atoms in total. The highest BCUT2D eigenvalue weighted by Crippen LogP contribution is 2.36. The van der Waals surface area contributed by atoms with Crippen molar-refractivity contribution in [2.75, 3.05) is 0 Å². The lowest BCUT2D eigenvalue weighted by atomic mass is 10.1. The second-order valence-corrected chi connectivity index (χ2v) is 8.98. The molecule has 1 aliphatic rings. The van der Waals surface area contributed by atoms with Crippen LogP contribution >= 0.6 is 11.3 Å². The number of benzene rings is 2. The highest BCUT2D eigenvalue weighted by Gasteiger charge is 2.35. The number of aryl methyl sites for hydroxylation is 1. The van der Waals surface area contributed by atoms with Gasteiger partial charge in [-0.15, -0.1) is 11.3 Å². The van der Waals surface area contributed by atoms with E-state index in [0.29, 0.717) is 30.3 Å². The summed E-state index contributed by atoms with van der Waals surface area (Å²) in [6.07, 6.45) is 2.68. The number of rotatable bonds is 8.